The highest BCUT2D eigenvalue weighted by Crippen LogP contribution is 2.20. The minimum absolute atomic E-state index is 0.233. The average Bonchev–Trinajstić information content (AvgIpc) is 2.24. The molecule has 17 heavy (non-hydrogen) atoms. The van der Waals surface area contributed by atoms with Crippen LogP contribution in [0.2, 0.25) is 5.02 Å². The highest BCUT2D eigenvalue weighted by Gasteiger charge is 2.07. The molecule has 0 heterocycles. The normalized spacial score (nSPS) is 11.5. The first-order chi connectivity index (χ1) is 8.00. The second-order valence-corrected chi connectivity index (χ2v) is 4.94. The van der Waals surface area contributed by atoms with Gasteiger partial charge in [0.1, 0.15) is 5.82 Å². The summed E-state index contributed by atoms with van der Waals surface area (Å²) in [6.07, 6.45) is 0. The van der Waals surface area contributed by atoms with Crippen LogP contribution in [0.25, 0.3) is 0 Å². The van der Waals surface area contributed by atoms with Crippen LogP contribution in [0.3, 0.4) is 0 Å². The highest BCUT2D eigenvalue weighted by atomic mass is 35.5. The molecule has 4 heteroatoms. The Morgan fingerprint density at radius 2 is 2.12 bits per heavy atom. The maximum absolute atomic E-state index is 13.2. The van der Waals surface area contributed by atoms with Gasteiger partial charge in [0.15, 0.2) is 0 Å². The summed E-state index contributed by atoms with van der Waals surface area (Å²) in [5, 5.41) is 3.57. The molecule has 1 N–H and O–H groups in total. The van der Waals surface area contributed by atoms with E-state index in [0.29, 0.717) is 12.6 Å². The Balaban J connectivity index is 2.45. The summed E-state index contributed by atoms with van der Waals surface area (Å²) >= 11 is 5.90. The third-order valence-electron chi connectivity index (χ3n) is 2.52. The Bertz CT molecular complexity index is 355. The number of hydrogen-bond acceptors (Lipinski definition) is 2. The Labute approximate surface area is 108 Å². The number of halogens is 2. The molecule has 0 atom stereocenters. The zero-order chi connectivity index (χ0) is 12.8. The van der Waals surface area contributed by atoms with Gasteiger partial charge in [-0.05, 0) is 18.7 Å². The standard InChI is InChI=1S/C13H20ClFN2/c1-10(2)16-7-8-17(3)9-11-5-4-6-12(15)13(11)14/h4-6,10,16H,7-9H2,1-3H3. The van der Waals surface area contributed by atoms with Crippen LogP contribution in [0.1, 0.15) is 19.4 Å². The molecule has 1 rings (SSSR count). The topological polar surface area (TPSA) is 15.3 Å². The van der Waals surface area contributed by atoms with Crippen molar-refractivity contribution in [1.29, 1.82) is 0 Å². The van der Waals surface area contributed by atoms with Crippen LogP contribution < -0.4 is 5.32 Å². The molecule has 1 aromatic rings. The molecule has 0 saturated carbocycles. The summed E-state index contributed by atoms with van der Waals surface area (Å²) in [4.78, 5) is 2.12. The molecular formula is C13H20ClFN2. The van der Waals surface area contributed by atoms with E-state index in [4.69, 9.17) is 11.6 Å². The van der Waals surface area contributed by atoms with Gasteiger partial charge in [-0.2, -0.15) is 0 Å². The van der Waals surface area contributed by atoms with Crippen LogP contribution in [-0.4, -0.2) is 31.1 Å². The van der Waals surface area contributed by atoms with E-state index in [2.05, 4.69) is 24.1 Å². The van der Waals surface area contributed by atoms with Gasteiger partial charge < -0.3 is 10.2 Å². The molecule has 0 unspecified atom stereocenters. The van der Waals surface area contributed by atoms with Gasteiger partial charge in [-0.15, -0.1) is 0 Å². The fourth-order valence-electron chi connectivity index (χ4n) is 1.58. The number of likely N-dealkylation sites (N-methyl/N-ethyl adjacent to an activating group) is 1. The molecule has 2 nitrogen and oxygen atoms in total. The van der Waals surface area contributed by atoms with Gasteiger partial charge in [-0.1, -0.05) is 37.6 Å². The molecule has 0 amide bonds. The van der Waals surface area contributed by atoms with E-state index < -0.39 is 0 Å². The van der Waals surface area contributed by atoms with E-state index in [1.54, 1.807) is 6.07 Å². The van der Waals surface area contributed by atoms with Gasteiger partial charge in [-0.25, -0.2) is 4.39 Å². The zero-order valence-corrected chi connectivity index (χ0v) is 11.4. The summed E-state index contributed by atoms with van der Waals surface area (Å²) in [7, 11) is 2.00. The Morgan fingerprint density at radius 1 is 1.41 bits per heavy atom. The Morgan fingerprint density at radius 3 is 2.76 bits per heavy atom. The van der Waals surface area contributed by atoms with Crippen molar-refractivity contribution in [2.24, 2.45) is 0 Å². The van der Waals surface area contributed by atoms with Crippen LogP contribution in [0.4, 0.5) is 4.39 Å². The second kappa shape index (κ2) is 6.94. The quantitative estimate of drug-likeness (QED) is 0.844. The number of nitrogens with zero attached hydrogens (tertiary/aromatic N) is 1. The van der Waals surface area contributed by atoms with Crippen LogP contribution in [0.5, 0.6) is 0 Å². The van der Waals surface area contributed by atoms with Crippen molar-refractivity contribution < 1.29 is 4.39 Å². The predicted octanol–water partition coefficient (Wildman–Crippen LogP) is 2.91. The number of nitrogens with one attached hydrogen (secondary N) is 1. The van der Waals surface area contributed by atoms with Crippen LogP contribution >= 0.6 is 11.6 Å². The SMILES string of the molecule is CC(C)NCCN(C)Cc1cccc(F)c1Cl. The maximum Gasteiger partial charge on any atom is 0.142 e. The molecule has 0 aromatic heterocycles. The molecule has 0 bridgehead atoms. The summed E-state index contributed by atoms with van der Waals surface area (Å²) < 4.78 is 13.2. The lowest BCUT2D eigenvalue weighted by Crippen LogP contribution is -2.32. The first-order valence-corrected chi connectivity index (χ1v) is 6.23. The molecule has 0 aliphatic rings. The fourth-order valence-corrected chi connectivity index (χ4v) is 1.77. The molecule has 0 spiro atoms. The molecule has 96 valence electrons. The Kier molecular flexibility index (Phi) is 5.89. The lowest BCUT2D eigenvalue weighted by Gasteiger charge is -2.18. The molecule has 1 aromatic carbocycles. The van der Waals surface area contributed by atoms with Crippen molar-refractivity contribution in [3.63, 3.8) is 0 Å². The van der Waals surface area contributed by atoms with Crippen molar-refractivity contribution in [2.45, 2.75) is 26.4 Å². The van der Waals surface area contributed by atoms with Crippen molar-refractivity contribution in [3.8, 4) is 0 Å². The van der Waals surface area contributed by atoms with Gasteiger partial charge in [0, 0.05) is 25.7 Å². The van der Waals surface area contributed by atoms with E-state index >= 15 is 0 Å². The van der Waals surface area contributed by atoms with E-state index in [-0.39, 0.29) is 10.8 Å². The zero-order valence-electron chi connectivity index (χ0n) is 10.6. The van der Waals surface area contributed by atoms with Gasteiger partial charge in [0.05, 0.1) is 5.02 Å². The molecule has 0 radical (unpaired) electrons. The van der Waals surface area contributed by atoms with E-state index in [1.165, 1.54) is 6.07 Å². The highest BCUT2D eigenvalue weighted by molar-refractivity contribution is 6.31. The largest absolute Gasteiger partial charge is 0.313 e. The first kappa shape index (κ1) is 14.4. The minimum Gasteiger partial charge on any atom is -0.313 e. The van der Waals surface area contributed by atoms with Crippen LogP contribution in [-0.2, 0) is 6.54 Å². The third-order valence-corrected chi connectivity index (χ3v) is 2.94. The van der Waals surface area contributed by atoms with Gasteiger partial charge in [0.2, 0.25) is 0 Å². The van der Waals surface area contributed by atoms with Crippen LogP contribution in [0.15, 0.2) is 18.2 Å². The number of rotatable bonds is 6. The first-order valence-electron chi connectivity index (χ1n) is 5.85. The lowest BCUT2D eigenvalue weighted by atomic mass is 10.2. The van der Waals surface area contributed by atoms with Gasteiger partial charge >= 0.3 is 0 Å². The van der Waals surface area contributed by atoms with Crippen molar-refractivity contribution in [2.75, 3.05) is 20.1 Å². The predicted molar refractivity (Wildman–Crippen MR) is 70.9 cm³/mol. The summed E-state index contributed by atoms with van der Waals surface area (Å²) in [5.41, 5.74) is 0.832. The third kappa shape index (κ3) is 5.02. The second-order valence-electron chi connectivity index (χ2n) is 4.56. The monoisotopic (exact) mass is 258 g/mol. The smallest absolute Gasteiger partial charge is 0.142 e. The van der Waals surface area contributed by atoms with E-state index in [0.717, 1.165) is 18.7 Å². The molecule has 0 aliphatic heterocycles. The molecule has 0 fully saturated rings. The van der Waals surface area contributed by atoms with Crippen molar-refractivity contribution in [1.82, 2.24) is 10.2 Å². The number of benzene rings is 1. The molecular weight excluding hydrogens is 239 g/mol. The summed E-state index contributed by atoms with van der Waals surface area (Å²) in [5.74, 6) is -0.349. The summed E-state index contributed by atoms with van der Waals surface area (Å²) in [6, 6.07) is 5.42. The maximum atomic E-state index is 13.2. The Hall–Kier alpha value is -0.640. The van der Waals surface area contributed by atoms with Crippen molar-refractivity contribution in [3.05, 3.63) is 34.6 Å². The summed E-state index contributed by atoms with van der Waals surface area (Å²) in [6.45, 7) is 6.72. The molecule has 0 saturated heterocycles. The van der Waals surface area contributed by atoms with E-state index in [9.17, 15) is 4.39 Å². The molecule has 0 aliphatic carbocycles. The average molecular weight is 259 g/mol. The lowest BCUT2D eigenvalue weighted by molar-refractivity contribution is 0.319. The van der Waals surface area contributed by atoms with Gasteiger partial charge in [-0.3, -0.25) is 0 Å². The number of hydrogen-bond donors (Lipinski definition) is 1. The van der Waals surface area contributed by atoms with Crippen molar-refractivity contribution >= 4 is 11.6 Å². The minimum atomic E-state index is -0.349. The fraction of sp³-hybridized carbons (Fsp3) is 0.538. The van der Waals surface area contributed by atoms with Gasteiger partial charge in [0.25, 0.3) is 0 Å². The van der Waals surface area contributed by atoms with E-state index in [1.807, 2.05) is 13.1 Å². The van der Waals surface area contributed by atoms with Crippen LogP contribution in [0, 0.1) is 5.82 Å².